The van der Waals surface area contributed by atoms with E-state index in [1.165, 1.54) is 0 Å². The number of carbonyl (C=O) groups is 3. The number of carboxylic acid groups (broad SMARTS) is 1. The Morgan fingerprint density at radius 1 is 1.12 bits per heavy atom. The predicted molar refractivity (Wildman–Crippen MR) is 150 cm³/mol. The molecule has 1 N–H and O–H groups in total. The molecule has 0 saturated carbocycles. The van der Waals surface area contributed by atoms with Gasteiger partial charge in [-0.15, -0.1) is 0 Å². The van der Waals surface area contributed by atoms with Gasteiger partial charge in [0.15, 0.2) is 11.5 Å². The number of Topliss-reactive ketones (excluding diaryl/α,β-unsaturated/α-hetero) is 1. The zero-order chi connectivity index (χ0) is 29.3. The molecule has 210 valence electrons. The van der Waals surface area contributed by atoms with E-state index < -0.39 is 11.9 Å². The van der Waals surface area contributed by atoms with Crippen molar-refractivity contribution < 1.29 is 29.0 Å². The van der Waals surface area contributed by atoms with Crippen molar-refractivity contribution in [1.29, 1.82) is 0 Å². The van der Waals surface area contributed by atoms with Crippen LogP contribution in [0.5, 0.6) is 5.75 Å². The van der Waals surface area contributed by atoms with E-state index in [1.807, 2.05) is 13.0 Å². The minimum absolute atomic E-state index is 0.0209. The van der Waals surface area contributed by atoms with Gasteiger partial charge in [0.05, 0.1) is 30.3 Å². The summed E-state index contributed by atoms with van der Waals surface area (Å²) in [6.45, 7) is 11.8. The summed E-state index contributed by atoms with van der Waals surface area (Å²) in [5, 5.41) is 9.69. The molecule has 2 aromatic rings. The number of ketones is 1. The maximum atomic E-state index is 13.9. The Balaban J connectivity index is 1.81. The predicted octanol–water partition coefficient (Wildman–Crippen LogP) is 5.58. The summed E-state index contributed by atoms with van der Waals surface area (Å²) < 4.78 is 12.4. The van der Waals surface area contributed by atoms with Crippen LogP contribution in [0.3, 0.4) is 0 Å². The Labute approximate surface area is 234 Å². The number of pyridine rings is 1. The van der Waals surface area contributed by atoms with Crippen LogP contribution < -0.4 is 4.74 Å². The second kappa shape index (κ2) is 9.61. The first kappa shape index (κ1) is 27.6. The van der Waals surface area contributed by atoms with Gasteiger partial charge in [-0.05, 0) is 54.5 Å². The van der Waals surface area contributed by atoms with E-state index in [9.17, 15) is 19.5 Å². The zero-order valence-corrected chi connectivity index (χ0v) is 24.3. The number of hydrogen-bond acceptors (Lipinski definition) is 6. The molecule has 3 heterocycles. The van der Waals surface area contributed by atoms with Crippen LogP contribution in [0.2, 0.25) is 0 Å². The molecule has 40 heavy (non-hydrogen) atoms. The Morgan fingerprint density at radius 2 is 1.82 bits per heavy atom. The Bertz CT molecular complexity index is 1530. The number of allylic oxidation sites excluding steroid dienone is 2. The third-order valence-corrected chi connectivity index (χ3v) is 8.38. The normalized spacial score (nSPS) is 22.0. The molecule has 1 aromatic carbocycles. The number of benzene rings is 1. The smallest absolute Gasteiger partial charge is 0.354 e. The van der Waals surface area contributed by atoms with Gasteiger partial charge < -0.3 is 19.5 Å². The van der Waals surface area contributed by atoms with Crippen molar-refractivity contribution >= 4 is 17.7 Å². The van der Waals surface area contributed by atoms with E-state index in [0.29, 0.717) is 63.6 Å². The molecule has 0 saturated heterocycles. The first-order valence-electron chi connectivity index (χ1n) is 13.6. The summed E-state index contributed by atoms with van der Waals surface area (Å²) in [5.41, 5.74) is 3.89. The van der Waals surface area contributed by atoms with Gasteiger partial charge in [0.25, 0.3) is 5.91 Å². The number of hydrogen-bond donors (Lipinski definition) is 1. The quantitative estimate of drug-likeness (QED) is 0.524. The largest absolute Gasteiger partial charge is 0.496 e. The highest BCUT2D eigenvalue weighted by atomic mass is 16.5. The summed E-state index contributed by atoms with van der Waals surface area (Å²) in [7, 11) is 3.35. The molecular weight excluding hydrogens is 508 g/mol. The number of aryl methyl sites for hydroxylation is 1. The van der Waals surface area contributed by atoms with Crippen molar-refractivity contribution in [3.63, 3.8) is 0 Å². The molecule has 8 heteroatoms. The van der Waals surface area contributed by atoms with Crippen molar-refractivity contribution in [2.24, 2.45) is 11.3 Å². The van der Waals surface area contributed by atoms with Crippen molar-refractivity contribution in [2.75, 3.05) is 14.2 Å². The van der Waals surface area contributed by atoms with Gasteiger partial charge in [-0.2, -0.15) is 0 Å². The first-order valence-corrected chi connectivity index (χ1v) is 13.6. The van der Waals surface area contributed by atoms with Gasteiger partial charge in [-0.25, -0.2) is 9.78 Å². The summed E-state index contributed by atoms with van der Waals surface area (Å²) in [6, 6.07) is 6.91. The SMILES string of the molecule is COc1ccc(-c2ccc(C)c(C(=O)O)n2)c(C)c1[C@@H]1C2=C(CC(C)(C)CC2=O)OC2=C1C(=O)N(C)[C@H]2C(C)C. The number of amides is 1. The average molecular weight is 545 g/mol. The number of nitrogens with zero attached hydrogens (tertiary/aromatic N) is 2. The molecular formula is C32H36N2O6. The molecule has 0 fully saturated rings. The van der Waals surface area contributed by atoms with E-state index in [-0.39, 0.29) is 34.8 Å². The summed E-state index contributed by atoms with van der Waals surface area (Å²) in [6.07, 6.45) is 0.918. The Hall–Kier alpha value is -3.94. The highest BCUT2D eigenvalue weighted by Crippen LogP contribution is 2.55. The third-order valence-electron chi connectivity index (χ3n) is 8.38. The Morgan fingerprint density at radius 3 is 2.45 bits per heavy atom. The monoisotopic (exact) mass is 544 g/mol. The lowest BCUT2D eigenvalue weighted by Crippen LogP contribution is -2.36. The molecule has 2 atom stereocenters. The number of ether oxygens (including phenoxy) is 2. The van der Waals surface area contributed by atoms with Crippen LogP contribution in [0.4, 0.5) is 0 Å². The number of carbonyl (C=O) groups excluding carboxylic acids is 2. The van der Waals surface area contributed by atoms with Crippen molar-refractivity contribution in [2.45, 2.75) is 66.3 Å². The Kier molecular flexibility index (Phi) is 6.63. The first-order chi connectivity index (χ1) is 18.8. The molecule has 0 unspecified atom stereocenters. The summed E-state index contributed by atoms with van der Waals surface area (Å²) >= 11 is 0. The second-order valence-corrected chi connectivity index (χ2v) is 12.2. The minimum atomic E-state index is -1.10. The maximum Gasteiger partial charge on any atom is 0.354 e. The maximum absolute atomic E-state index is 13.9. The zero-order valence-electron chi connectivity index (χ0n) is 24.3. The standard InChI is InChI=1S/C32H36N2O6/c1-15(2)28-29-26(30(36)34(28)7)25(24-20(35)13-32(5,6)14-22(24)40-29)23-17(4)18(10-12-21(23)39-8)19-11-9-16(3)27(33-19)31(37)38/h9-12,15,25,28H,13-14H2,1-8H3,(H,37,38)/t25-,28+/m1/s1. The number of carboxylic acids is 1. The molecule has 1 amide bonds. The molecule has 5 rings (SSSR count). The number of methoxy groups -OCH3 is 1. The molecule has 0 bridgehead atoms. The van der Waals surface area contributed by atoms with E-state index in [2.05, 4.69) is 32.7 Å². The average Bonchev–Trinajstić information content (AvgIpc) is 3.11. The summed E-state index contributed by atoms with van der Waals surface area (Å²) in [5.74, 6) is -0.140. The van der Waals surface area contributed by atoms with Gasteiger partial charge in [0.1, 0.15) is 17.3 Å². The van der Waals surface area contributed by atoms with Gasteiger partial charge in [0.2, 0.25) is 0 Å². The van der Waals surface area contributed by atoms with Gasteiger partial charge in [0, 0.05) is 36.6 Å². The lowest BCUT2D eigenvalue weighted by atomic mass is 9.68. The van der Waals surface area contributed by atoms with Crippen LogP contribution >= 0.6 is 0 Å². The molecule has 8 nitrogen and oxygen atoms in total. The van der Waals surface area contributed by atoms with Gasteiger partial charge >= 0.3 is 5.97 Å². The van der Waals surface area contributed by atoms with E-state index >= 15 is 0 Å². The molecule has 0 spiro atoms. The van der Waals surface area contributed by atoms with Crippen LogP contribution in [-0.4, -0.2) is 52.8 Å². The number of aromatic carboxylic acids is 1. The highest BCUT2D eigenvalue weighted by Gasteiger charge is 2.52. The molecule has 1 aliphatic carbocycles. The van der Waals surface area contributed by atoms with Crippen LogP contribution in [0, 0.1) is 25.2 Å². The van der Waals surface area contributed by atoms with Crippen molar-refractivity contribution in [3.05, 3.63) is 69.3 Å². The van der Waals surface area contributed by atoms with Gasteiger partial charge in [-0.3, -0.25) is 9.59 Å². The topological polar surface area (TPSA) is 106 Å². The third kappa shape index (κ3) is 4.21. The van der Waals surface area contributed by atoms with E-state index in [0.717, 1.165) is 5.56 Å². The van der Waals surface area contributed by atoms with Crippen LogP contribution in [0.25, 0.3) is 11.3 Å². The number of aromatic nitrogens is 1. The van der Waals surface area contributed by atoms with E-state index in [4.69, 9.17) is 9.47 Å². The lowest BCUT2D eigenvalue weighted by Gasteiger charge is -2.39. The van der Waals surface area contributed by atoms with E-state index in [1.54, 1.807) is 44.2 Å². The molecule has 3 aliphatic rings. The fourth-order valence-corrected chi connectivity index (χ4v) is 6.56. The fraction of sp³-hybridized carbons (Fsp3) is 0.438. The van der Waals surface area contributed by atoms with Crippen LogP contribution in [0.15, 0.2) is 46.9 Å². The summed E-state index contributed by atoms with van der Waals surface area (Å²) in [4.78, 5) is 45.8. The molecule has 0 radical (unpaired) electrons. The van der Waals surface area contributed by atoms with Crippen LogP contribution in [0.1, 0.15) is 73.6 Å². The fourth-order valence-electron chi connectivity index (χ4n) is 6.56. The van der Waals surface area contributed by atoms with Crippen molar-refractivity contribution in [3.8, 4) is 17.0 Å². The second-order valence-electron chi connectivity index (χ2n) is 12.2. The minimum Gasteiger partial charge on any atom is -0.496 e. The lowest BCUT2D eigenvalue weighted by molar-refractivity contribution is -0.126. The van der Waals surface area contributed by atoms with Crippen molar-refractivity contribution in [1.82, 2.24) is 9.88 Å². The van der Waals surface area contributed by atoms with Crippen LogP contribution in [-0.2, 0) is 14.3 Å². The molecule has 2 aliphatic heterocycles. The highest BCUT2D eigenvalue weighted by molar-refractivity contribution is 6.07. The number of likely N-dealkylation sites (N-methyl/N-ethyl adjacent to an activating group) is 1. The number of rotatable bonds is 5. The van der Waals surface area contributed by atoms with Gasteiger partial charge in [-0.1, -0.05) is 33.8 Å². The molecule has 1 aromatic heterocycles.